The number of rotatable bonds is 2. The number of hydrogen-bond acceptors (Lipinski definition) is 6. The van der Waals surface area contributed by atoms with Crippen LogP contribution in [0.5, 0.6) is 0 Å². The average molecular weight is 358 g/mol. The minimum Gasteiger partial charge on any atom is -0.338 e. The minimum absolute atomic E-state index is 0.0818. The van der Waals surface area contributed by atoms with Crippen molar-refractivity contribution in [3.8, 4) is 0 Å². The molecule has 140 valence electrons. The van der Waals surface area contributed by atoms with Gasteiger partial charge in [0.1, 0.15) is 5.69 Å². The fourth-order valence-corrected chi connectivity index (χ4v) is 4.51. The van der Waals surface area contributed by atoms with Crippen molar-refractivity contribution >= 4 is 5.91 Å². The van der Waals surface area contributed by atoms with E-state index in [1.807, 2.05) is 31.9 Å². The first-order chi connectivity index (χ1) is 12.4. The van der Waals surface area contributed by atoms with Gasteiger partial charge in [-0.25, -0.2) is 0 Å². The Hall–Kier alpha value is -2.22. The molecule has 0 bridgehead atoms. The Morgan fingerprint density at radius 3 is 2.58 bits per heavy atom. The third-order valence-corrected chi connectivity index (χ3v) is 5.90. The maximum atomic E-state index is 12.8. The van der Waals surface area contributed by atoms with Crippen molar-refractivity contribution in [2.75, 3.05) is 26.7 Å². The number of carbonyl (C=O) groups is 1. The van der Waals surface area contributed by atoms with Crippen molar-refractivity contribution in [1.82, 2.24) is 29.7 Å². The summed E-state index contributed by atoms with van der Waals surface area (Å²) in [4.78, 5) is 21.5. The third-order valence-electron chi connectivity index (χ3n) is 5.90. The maximum absolute atomic E-state index is 12.8. The van der Waals surface area contributed by atoms with Crippen molar-refractivity contribution in [1.29, 1.82) is 0 Å². The Morgan fingerprint density at radius 1 is 1.27 bits per heavy atom. The number of aryl methyl sites for hydroxylation is 3. The highest BCUT2D eigenvalue weighted by Crippen LogP contribution is 2.48. The van der Waals surface area contributed by atoms with Crippen LogP contribution >= 0.6 is 0 Å². The maximum Gasteiger partial charge on any atom is 0.272 e. The molecule has 2 aliphatic heterocycles. The average Bonchev–Trinajstić information content (AvgIpc) is 3.26. The van der Waals surface area contributed by atoms with E-state index in [9.17, 15) is 4.79 Å². The molecule has 2 aliphatic rings. The molecule has 2 aromatic heterocycles. The van der Waals surface area contributed by atoms with Crippen LogP contribution in [0.15, 0.2) is 10.6 Å². The Balaban J connectivity index is 1.43. The molecule has 8 heteroatoms. The largest absolute Gasteiger partial charge is 0.338 e. The van der Waals surface area contributed by atoms with Gasteiger partial charge in [-0.05, 0) is 51.6 Å². The number of nitrogens with zero attached hydrogens (tertiary/aromatic N) is 6. The molecule has 0 aromatic carbocycles. The lowest BCUT2D eigenvalue weighted by atomic mass is 9.76. The van der Waals surface area contributed by atoms with Gasteiger partial charge in [0.25, 0.3) is 5.91 Å². The van der Waals surface area contributed by atoms with Crippen molar-refractivity contribution in [3.05, 3.63) is 29.2 Å². The summed E-state index contributed by atoms with van der Waals surface area (Å²) in [5, 5.41) is 8.23. The van der Waals surface area contributed by atoms with Gasteiger partial charge in [-0.15, -0.1) is 0 Å². The van der Waals surface area contributed by atoms with Crippen LogP contribution in [0, 0.1) is 19.3 Å². The van der Waals surface area contributed by atoms with Crippen LogP contribution in [0.2, 0.25) is 0 Å². The van der Waals surface area contributed by atoms with E-state index in [4.69, 9.17) is 4.52 Å². The Kier molecular flexibility index (Phi) is 4.10. The van der Waals surface area contributed by atoms with Gasteiger partial charge in [-0.2, -0.15) is 10.1 Å². The molecule has 2 aromatic rings. The molecule has 0 radical (unpaired) electrons. The molecule has 1 unspecified atom stereocenters. The summed E-state index contributed by atoms with van der Waals surface area (Å²) < 4.78 is 7.09. The number of aromatic nitrogens is 4. The van der Waals surface area contributed by atoms with Crippen LogP contribution in [0.1, 0.15) is 53.2 Å². The molecule has 26 heavy (non-hydrogen) atoms. The summed E-state index contributed by atoms with van der Waals surface area (Å²) in [6, 6.07) is 2.04. The minimum atomic E-state index is 0.0818. The van der Waals surface area contributed by atoms with E-state index in [-0.39, 0.29) is 17.4 Å². The quantitative estimate of drug-likeness (QED) is 0.813. The highest BCUT2D eigenvalue weighted by atomic mass is 16.5. The van der Waals surface area contributed by atoms with Crippen molar-refractivity contribution in [2.24, 2.45) is 12.5 Å². The van der Waals surface area contributed by atoms with Crippen LogP contribution in [0.3, 0.4) is 0 Å². The summed E-state index contributed by atoms with van der Waals surface area (Å²) in [5.74, 6) is 1.48. The first-order valence-electron chi connectivity index (χ1n) is 9.17. The second kappa shape index (κ2) is 6.19. The summed E-state index contributed by atoms with van der Waals surface area (Å²) >= 11 is 0. The lowest BCUT2D eigenvalue weighted by Crippen LogP contribution is -2.44. The first-order valence-corrected chi connectivity index (χ1v) is 9.17. The van der Waals surface area contributed by atoms with E-state index in [1.54, 1.807) is 4.68 Å². The SMILES string of the molecule is Cc1cc(C(=O)N2CCC3(CC2)CC(c2nc(C)no2)N(C)C3)n(C)n1. The van der Waals surface area contributed by atoms with Gasteiger partial charge in [0.15, 0.2) is 5.82 Å². The van der Waals surface area contributed by atoms with Gasteiger partial charge in [-0.1, -0.05) is 5.16 Å². The molecule has 2 fully saturated rings. The van der Waals surface area contributed by atoms with Crippen molar-refractivity contribution < 1.29 is 9.32 Å². The zero-order chi connectivity index (χ0) is 18.5. The van der Waals surface area contributed by atoms with E-state index in [0.29, 0.717) is 17.4 Å². The predicted molar refractivity (Wildman–Crippen MR) is 94.5 cm³/mol. The second-order valence-electron chi connectivity index (χ2n) is 7.90. The lowest BCUT2D eigenvalue weighted by Gasteiger charge is -2.39. The van der Waals surface area contributed by atoms with Gasteiger partial charge >= 0.3 is 0 Å². The molecule has 4 heterocycles. The van der Waals surface area contributed by atoms with Crippen LogP contribution < -0.4 is 0 Å². The molecule has 1 amide bonds. The van der Waals surface area contributed by atoms with E-state index < -0.39 is 0 Å². The van der Waals surface area contributed by atoms with Gasteiger partial charge in [-0.3, -0.25) is 14.4 Å². The van der Waals surface area contributed by atoms with Crippen LogP contribution in [-0.2, 0) is 7.05 Å². The molecule has 1 spiro atoms. The van der Waals surface area contributed by atoms with Crippen LogP contribution in [0.4, 0.5) is 0 Å². The number of carbonyl (C=O) groups excluding carboxylic acids is 1. The molecule has 0 N–H and O–H groups in total. The molecule has 4 rings (SSSR count). The van der Waals surface area contributed by atoms with Gasteiger partial charge in [0.05, 0.1) is 11.7 Å². The monoisotopic (exact) mass is 358 g/mol. The molecule has 8 nitrogen and oxygen atoms in total. The van der Waals surface area contributed by atoms with E-state index in [1.165, 1.54) is 0 Å². The molecular formula is C18H26N6O2. The highest BCUT2D eigenvalue weighted by molar-refractivity contribution is 5.92. The lowest BCUT2D eigenvalue weighted by molar-refractivity contribution is 0.0582. The Bertz CT molecular complexity index is 818. The van der Waals surface area contributed by atoms with Crippen molar-refractivity contribution in [3.63, 3.8) is 0 Å². The number of amides is 1. The molecule has 0 aliphatic carbocycles. The third kappa shape index (κ3) is 2.92. The summed E-state index contributed by atoms with van der Waals surface area (Å²) in [6.07, 6.45) is 3.02. The summed E-state index contributed by atoms with van der Waals surface area (Å²) in [5.41, 5.74) is 1.77. The van der Waals surface area contributed by atoms with Gasteiger partial charge in [0.2, 0.25) is 5.89 Å². The van der Waals surface area contributed by atoms with Crippen LogP contribution in [0.25, 0.3) is 0 Å². The molecule has 0 saturated carbocycles. The Labute approximate surface area is 153 Å². The summed E-state index contributed by atoms with van der Waals surface area (Å²) in [7, 11) is 3.95. The number of piperidine rings is 1. The molecular weight excluding hydrogens is 332 g/mol. The Morgan fingerprint density at radius 2 is 2.00 bits per heavy atom. The summed E-state index contributed by atoms with van der Waals surface area (Å²) in [6.45, 7) is 6.34. The van der Waals surface area contributed by atoms with E-state index in [0.717, 1.165) is 44.6 Å². The topological polar surface area (TPSA) is 80.3 Å². The molecule has 2 saturated heterocycles. The fraction of sp³-hybridized carbons (Fsp3) is 0.667. The smallest absolute Gasteiger partial charge is 0.272 e. The molecule has 1 atom stereocenters. The van der Waals surface area contributed by atoms with E-state index in [2.05, 4.69) is 27.2 Å². The second-order valence-corrected chi connectivity index (χ2v) is 7.90. The predicted octanol–water partition coefficient (Wildman–Crippen LogP) is 1.72. The van der Waals surface area contributed by atoms with Gasteiger partial charge < -0.3 is 9.42 Å². The fourth-order valence-electron chi connectivity index (χ4n) is 4.51. The highest BCUT2D eigenvalue weighted by Gasteiger charge is 2.47. The first kappa shape index (κ1) is 17.2. The zero-order valence-corrected chi connectivity index (χ0v) is 15.9. The number of likely N-dealkylation sites (tertiary alicyclic amines) is 2. The standard InChI is InChI=1S/C18H26N6O2/c1-12-9-14(23(4)20-12)17(25)24-7-5-18(6-8-24)10-15(22(3)11-18)16-19-13(2)21-26-16/h9,15H,5-8,10-11H2,1-4H3. The van der Waals surface area contributed by atoms with Gasteiger partial charge in [0, 0.05) is 26.7 Å². The normalized spacial score (nSPS) is 23.1. The van der Waals surface area contributed by atoms with E-state index >= 15 is 0 Å². The van der Waals surface area contributed by atoms with Crippen LogP contribution in [-0.4, -0.2) is 62.3 Å². The number of hydrogen-bond donors (Lipinski definition) is 0. The zero-order valence-electron chi connectivity index (χ0n) is 15.9. The van der Waals surface area contributed by atoms with Crippen molar-refractivity contribution in [2.45, 2.75) is 39.2 Å².